The molecule has 0 radical (unpaired) electrons. The Kier molecular flexibility index (Phi) is 5.94. The van der Waals surface area contributed by atoms with Gasteiger partial charge in [-0.15, -0.1) is 0 Å². The fourth-order valence-electron chi connectivity index (χ4n) is 3.78. The summed E-state index contributed by atoms with van der Waals surface area (Å²) in [5.41, 5.74) is 2.42. The number of carbonyl (C=O) groups excluding carboxylic acids is 2. The topological polar surface area (TPSA) is 67.2 Å². The smallest absolute Gasteiger partial charge is 0.253 e. The maximum Gasteiger partial charge on any atom is 0.253 e. The van der Waals surface area contributed by atoms with Gasteiger partial charge in [0.2, 0.25) is 5.91 Å². The van der Waals surface area contributed by atoms with E-state index in [2.05, 4.69) is 17.2 Å². The molecule has 1 saturated heterocycles. The molecule has 1 aliphatic heterocycles. The van der Waals surface area contributed by atoms with Crippen molar-refractivity contribution in [3.8, 4) is 5.82 Å². The predicted octanol–water partition coefficient (Wildman–Crippen LogP) is 2.87. The number of amides is 2. The van der Waals surface area contributed by atoms with Crippen LogP contribution < -0.4 is 5.32 Å². The van der Waals surface area contributed by atoms with Gasteiger partial charge in [0.05, 0.1) is 5.56 Å². The largest absolute Gasteiger partial charge is 0.351 e. The molecule has 0 spiro atoms. The third-order valence-corrected chi connectivity index (χ3v) is 5.19. The van der Waals surface area contributed by atoms with Crippen LogP contribution in [0, 0.1) is 19.8 Å². The average Bonchev–Trinajstić information content (AvgIpc) is 2.96. The van der Waals surface area contributed by atoms with Crippen LogP contribution in [-0.4, -0.2) is 45.9 Å². The third-order valence-electron chi connectivity index (χ3n) is 5.19. The number of hydrogen-bond donors (Lipinski definition) is 1. The fourth-order valence-corrected chi connectivity index (χ4v) is 3.78. The van der Waals surface area contributed by atoms with E-state index in [1.165, 1.54) is 6.42 Å². The number of carbonyl (C=O) groups is 2. The van der Waals surface area contributed by atoms with Gasteiger partial charge < -0.3 is 14.8 Å². The number of piperidine rings is 1. The minimum Gasteiger partial charge on any atom is -0.351 e. The second kappa shape index (κ2) is 8.37. The van der Waals surface area contributed by atoms with Crippen LogP contribution in [0.25, 0.3) is 5.82 Å². The van der Waals surface area contributed by atoms with Gasteiger partial charge in [-0.3, -0.25) is 9.59 Å². The standard InChI is InChI=1S/C21H28N4O2/c1-15-7-6-12-24(14-15)20(26)9-11-23-21(27)18-13-16(2)25(17(18)3)19-8-4-5-10-22-19/h4-5,8,10,13,15H,6-7,9,11-12,14H2,1-3H3,(H,23,27). The maximum atomic E-state index is 12.6. The van der Waals surface area contributed by atoms with Crippen molar-refractivity contribution >= 4 is 11.8 Å². The molecule has 0 saturated carbocycles. The van der Waals surface area contributed by atoms with Crippen LogP contribution in [0.15, 0.2) is 30.5 Å². The van der Waals surface area contributed by atoms with Gasteiger partial charge in [0.1, 0.15) is 5.82 Å². The average molecular weight is 368 g/mol. The first-order valence-corrected chi connectivity index (χ1v) is 9.63. The zero-order chi connectivity index (χ0) is 19.4. The molecule has 1 aliphatic rings. The van der Waals surface area contributed by atoms with Gasteiger partial charge in [-0.2, -0.15) is 0 Å². The Hall–Kier alpha value is -2.63. The van der Waals surface area contributed by atoms with Crippen molar-refractivity contribution in [2.45, 2.75) is 40.0 Å². The molecule has 3 heterocycles. The Bertz CT molecular complexity index is 813. The molecule has 144 valence electrons. The van der Waals surface area contributed by atoms with Crippen molar-refractivity contribution < 1.29 is 9.59 Å². The number of hydrogen-bond acceptors (Lipinski definition) is 3. The molecule has 2 aromatic rings. The Morgan fingerprint density at radius 2 is 2.11 bits per heavy atom. The van der Waals surface area contributed by atoms with Crippen molar-refractivity contribution in [2.24, 2.45) is 5.92 Å². The summed E-state index contributed by atoms with van der Waals surface area (Å²) in [5.74, 6) is 1.33. The molecule has 6 heteroatoms. The Labute approximate surface area is 160 Å². The molecule has 3 rings (SSSR count). The molecule has 1 atom stereocenters. The second-order valence-electron chi connectivity index (χ2n) is 7.40. The fraction of sp³-hybridized carbons (Fsp3) is 0.476. The van der Waals surface area contributed by atoms with E-state index in [1.54, 1.807) is 6.20 Å². The first-order chi connectivity index (χ1) is 13.0. The van der Waals surface area contributed by atoms with Gasteiger partial charge >= 0.3 is 0 Å². The molecule has 1 unspecified atom stereocenters. The number of nitrogens with one attached hydrogen (secondary N) is 1. The SMILES string of the molecule is Cc1cc(C(=O)NCCC(=O)N2CCCC(C)C2)c(C)n1-c1ccccn1. The number of aryl methyl sites for hydroxylation is 1. The Morgan fingerprint density at radius 1 is 1.30 bits per heavy atom. The van der Waals surface area contributed by atoms with E-state index in [1.807, 2.05) is 47.6 Å². The first kappa shape index (κ1) is 19.1. The summed E-state index contributed by atoms with van der Waals surface area (Å²) in [4.78, 5) is 31.2. The van der Waals surface area contributed by atoms with E-state index in [0.717, 1.165) is 36.7 Å². The van der Waals surface area contributed by atoms with E-state index in [0.29, 0.717) is 24.4 Å². The highest BCUT2D eigenvalue weighted by Gasteiger charge is 2.21. The van der Waals surface area contributed by atoms with Gasteiger partial charge in [-0.1, -0.05) is 13.0 Å². The molecule has 1 N–H and O–H groups in total. The van der Waals surface area contributed by atoms with Crippen LogP contribution in [0.5, 0.6) is 0 Å². The van der Waals surface area contributed by atoms with E-state index in [-0.39, 0.29) is 11.8 Å². The summed E-state index contributed by atoms with van der Waals surface area (Å²) in [5, 5.41) is 2.89. The number of nitrogens with zero attached hydrogens (tertiary/aromatic N) is 3. The highest BCUT2D eigenvalue weighted by Crippen LogP contribution is 2.19. The molecule has 0 bridgehead atoms. The molecular weight excluding hydrogens is 340 g/mol. The summed E-state index contributed by atoms with van der Waals surface area (Å²) in [6.07, 6.45) is 4.34. The lowest BCUT2D eigenvalue weighted by Gasteiger charge is -2.31. The molecule has 1 fully saturated rings. The van der Waals surface area contributed by atoms with Crippen LogP contribution in [0.4, 0.5) is 0 Å². The van der Waals surface area contributed by atoms with E-state index >= 15 is 0 Å². The molecule has 2 amide bonds. The molecule has 27 heavy (non-hydrogen) atoms. The molecule has 0 aromatic carbocycles. The zero-order valence-corrected chi connectivity index (χ0v) is 16.4. The lowest BCUT2D eigenvalue weighted by molar-refractivity contribution is -0.132. The summed E-state index contributed by atoms with van der Waals surface area (Å²) >= 11 is 0. The number of rotatable bonds is 5. The van der Waals surface area contributed by atoms with Crippen LogP contribution in [0.3, 0.4) is 0 Å². The highest BCUT2D eigenvalue weighted by molar-refractivity contribution is 5.96. The lowest BCUT2D eigenvalue weighted by Crippen LogP contribution is -2.40. The monoisotopic (exact) mass is 368 g/mol. The van der Waals surface area contributed by atoms with E-state index in [9.17, 15) is 9.59 Å². The summed E-state index contributed by atoms with van der Waals surface area (Å²) in [6, 6.07) is 7.58. The second-order valence-corrected chi connectivity index (χ2v) is 7.40. The van der Waals surface area contributed by atoms with Crippen LogP contribution in [-0.2, 0) is 4.79 Å². The predicted molar refractivity (Wildman–Crippen MR) is 105 cm³/mol. The summed E-state index contributed by atoms with van der Waals surface area (Å²) in [7, 11) is 0. The minimum atomic E-state index is -0.148. The maximum absolute atomic E-state index is 12.6. The van der Waals surface area contributed by atoms with Crippen molar-refractivity contribution in [3.63, 3.8) is 0 Å². The van der Waals surface area contributed by atoms with Gasteiger partial charge in [0.25, 0.3) is 5.91 Å². The first-order valence-electron chi connectivity index (χ1n) is 9.63. The number of likely N-dealkylation sites (tertiary alicyclic amines) is 1. The summed E-state index contributed by atoms with van der Waals surface area (Å²) in [6.45, 7) is 8.07. The van der Waals surface area contributed by atoms with E-state index in [4.69, 9.17) is 0 Å². The van der Waals surface area contributed by atoms with Crippen molar-refractivity contribution in [1.82, 2.24) is 19.8 Å². The van der Waals surface area contributed by atoms with Crippen molar-refractivity contribution in [1.29, 1.82) is 0 Å². The molecule has 6 nitrogen and oxygen atoms in total. The van der Waals surface area contributed by atoms with Crippen LogP contribution in [0.2, 0.25) is 0 Å². The minimum absolute atomic E-state index is 0.126. The molecule has 0 aliphatic carbocycles. The summed E-state index contributed by atoms with van der Waals surface area (Å²) < 4.78 is 1.97. The number of pyridine rings is 1. The van der Waals surface area contributed by atoms with Gasteiger partial charge in [-0.25, -0.2) is 4.98 Å². The zero-order valence-electron chi connectivity index (χ0n) is 16.4. The van der Waals surface area contributed by atoms with Crippen molar-refractivity contribution in [2.75, 3.05) is 19.6 Å². The van der Waals surface area contributed by atoms with Crippen LogP contribution in [0.1, 0.15) is 47.9 Å². The highest BCUT2D eigenvalue weighted by atomic mass is 16.2. The van der Waals surface area contributed by atoms with Crippen LogP contribution >= 0.6 is 0 Å². The number of aromatic nitrogens is 2. The molecule has 2 aromatic heterocycles. The van der Waals surface area contributed by atoms with Gasteiger partial charge in [-0.05, 0) is 50.8 Å². The van der Waals surface area contributed by atoms with Gasteiger partial charge in [0, 0.05) is 43.6 Å². The molecular formula is C21H28N4O2. The van der Waals surface area contributed by atoms with Gasteiger partial charge in [0.15, 0.2) is 0 Å². The quantitative estimate of drug-likeness (QED) is 0.882. The Balaban J connectivity index is 1.59. The Morgan fingerprint density at radius 3 is 2.81 bits per heavy atom. The lowest BCUT2D eigenvalue weighted by atomic mass is 10.00. The van der Waals surface area contributed by atoms with E-state index < -0.39 is 0 Å². The van der Waals surface area contributed by atoms with Crippen molar-refractivity contribution in [3.05, 3.63) is 47.4 Å². The normalized spacial score (nSPS) is 17.0. The third kappa shape index (κ3) is 4.38.